The van der Waals surface area contributed by atoms with Crippen molar-refractivity contribution < 1.29 is 9.59 Å². The number of benzene rings is 2. The van der Waals surface area contributed by atoms with E-state index in [0.29, 0.717) is 15.6 Å². The van der Waals surface area contributed by atoms with Crippen LogP contribution < -0.4 is 16.8 Å². The molecular formula is C19H16ClN3O2S. The number of anilines is 3. The third-order valence-electron chi connectivity index (χ3n) is 3.91. The van der Waals surface area contributed by atoms with Gasteiger partial charge < -0.3 is 16.8 Å². The van der Waals surface area contributed by atoms with E-state index in [1.54, 1.807) is 24.3 Å². The van der Waals surface area contributed by atoms with Crippen LogP contribution in [-0.4, -0.2) is 11.7 Å². The quantitative estimate of drug-likeness (QED) is 0.568. The summed E-state index contributed by atoms with van der Waals surface area (Å²) >= 11 is 7.20. The van der Waals surface area contributed by atoms with E-state index in [4.69, 9.17) is 23.1 Å². The molecule has 0 bridgehead atoms. The van der Waals surface area contributed by atoms with Gasteiger partial charge in [-0.25, -0.2) is 0 Å². The second-order valence-corrected chi connectivity index (χ2v) is 7.09. The van der Waals surface area contributed by atoms with Crippen LogP contribution in [0.25, 0.3) is 0 Å². The van der Waals surface area contributed by atoms with Crippen molar-refractivity contribution >= 4 is 51.0 Å². The van der Waals surface area contributed by atoms with Crippen LogP contribution in [0.5, 0.6) is 0 Å². The summed E-state index contributed by atoms with van der Waals surface area (Å²) in [5.41, 5.74) is 13.9. The summed E-state index contributed by atoms with van der Waals surface area (Å²) < 4.78 is 0. The molecule has 26 heavy (non-hydrogen) atoms. The first-order valence-corrected chi connectivity index (χ1v) is 8.93. The molecule has 5 N–H and O–H groups in total. The number of carbonyl (C=O) groups excluding carboxylic acids is 2. The van der Waals surface area contributed by atoms with Crippen LogP contribution in [0.4, 0.5) is 16.4 Å². The zero-order chi connectivity index (χ0) is 18.8. The number of para-hydroxylation sites is 1. The third kappa shape index (κ3) is 3.29. The Kier molecular flexibility index (Phi) is 4.97. The molecule has 1 aromatic heterocycles. The number of amides is 1. The summed E-state index contributed by atoms with van der Waals surface area (Å²) in [6, 6.07) is 14.3. The average Bonchev–Trinajstić information content (AvgIpc) is 2.93. The molecule has 2 aromatic carbocycles. The second kappa shape index (κ2) is 7.19. The van der Waals surface area contributed by atoms with Gasteiger partial charge in [0.2, 0.25) is 5.78 Å². The number of hydrogen-bond acceptors (Lipinski definition) is 5. The zero-order valence-electron chi connectivity index (χ0n) is 13.9. The van der Waals surface area contributed by atoms with E-state index in [-0.39, 0.29) is 21.9 Å². The molecule has 0 aliphatic heterocycles. The molecule has 0 aliphatic rings. The van der Waals surface area contributed by atoms with Gasteiger partial charge in [-0.1, -0.05) is 41.9 Å². The van der Waals surface area contributed by atoms with Crippen LogP contribution in [-0.2, 0) is 0 Å². The maximum absolute atomic E-state index is 12.9. The van der Waals surface area contributed by atoms with E-state index in [1.807, 2.05) is 31.2 Å². The van der Waals surface area contributed by atoms with Gasteiger partial charge in [0.25, 0.3) is 5.91 Å². The molecule has 0 atom stereocenters. The molecule has 7 heteroatoms. The number of rotatable bonds is 5. The number of primary amides is 1. The summed E-state index contributed by atoms with van der Waals surface area (Å²) in [7, 11) is 0. The summed E-state index contributed by atoms with van der Waals surface area (Å²) in [4.78, 5) is 25.0. The largest absolute Gasteiger partial charge is 0.397 e. The van der Waals surface area contributed by atoms with Gasteiger partial charge in [-0.05, 0) is 30.7 Å². The SMILES string of the molecule is Cc1ccccc1Nc1sc(C(=O)c2ccccc2Cl)c(N)c1C(N)=O. The van der Waals surface area contributed by atoms with Crippen molar-refractivity contribution in [3.05, 3.63) is 75.1 Å². The average molecular weight is 386 g/mol. The second-order valence-electron chi connectivity index (χ2n) is 5.66. The van der Waals surface area contributed by atoms with E-state index >= 15 is 0 Å². The van der Waals surface area contributed by atoms with Gasteiger partial charge in [-0.2, -0.15) is 0 Å². The summed E-state index contributed by atoms with van der Waals surface area (Å²) in [6.07, 6.45) is 0. The minimum absolute atomic E-state index is 0.0588. The Morgan fingerprint density at radius 2 is 1.73 bits per heavy atom. The molecule has 132 valence electrons. The lowest BCUT2D eigenvalue weighted by Crippen LogP contribution is -2.14. The van der Waals surface area contributed by atoms with E-state index in [9.17, 15) is 9.59 Å². The summed E-state index contributed by atoms with van der Waals surface area (Å²) in [5, 5.41) is 3.91. The fraction of sp³-hybridized carbons (Fsp3) is 0.0526. The standard InChI is InChI=1S/C19H16ClN3O2S/c1-10-6-2-5-9-13(10)23-19-14(18(22)25)15(21)17(26-19)16(24)11-7-3-4-8-12(11)20/h2-9,23H,21H2,1H3,(H2,22,25). The van der Waals surface area contributed by atoms with Crippen LogP contribution in [0.3, 0.4) is 0 Å². The normalized spacial score (nSPS) is 10.5. The number of aryl methyl sites for hydroxylation is 1. The Labute approximate surface area is 159 Å². The van der Waals surface area contributed by atoms with E-state index in [0.717, 1.165) is 22.6 Å². The first-order valence-electron chi connectivity index (χ1n) is 7.74. The molecular weight excluding hydrogens is 370 g/mol. The highest BCUT2D eigenvalue weighted by Crippen LogP contribution is 2.39. The fourth-order valence-electron chi connectivity index (χ4n) is 2.55. The molecule has 1 heterocycles. The molecule has 0 radical (unpaired) electrons. The number of carbonyl (C=O) groups is 2. The number of hydrogen-bond donors (Lipinski definition) is 3. The minimum atomic E-state index is -0.701. The Hall–Kier alpha value is -2.83. The highest BCUT2D eigenvalue weighted by atomic mass is 35.5. The van der Waals surface area contributed by atoms with Crippen LogP contribution in [0, 0.1) is 6.92 Å². The topological polar surface area (TPSA) is 98.2 Å². The van der Waals surface area contributed by atoms with E-state index < -0.39 is 5.91 Å². The van der Waals surface area contributed by atoms with Crippen LogP contribution in [0.1, 0.15) is 31.2 Å². The number of halogens is 1. The van der Waals surface area contributed by atoms with Crippen LogP contribution >= 0.6 is 22.9 Å². The first kappa shape index (κ1) is 18.0. The molecule has 0 saturated heterocycles. The Morgan fingerprint density at radius 1 is 1.08 bits per heavy atom. The molecule has 0 saturated carbocycles. The molecule has 3 rings (SSSR count). The highest BCUT2D eigenvalue weighted by Gasteiger charge is 2.26. The molecule has 0 unspecified atom stereocenters. The van der Waals surface area contributed by atoms with Gasteiger partial charge in [0.05, 0.1) is 16.3 Å². The molecule has 0 fully saturated rings. The number of thiophene rings is 1. The van der Waals surface area contributed by atoms with Crippen LogP contribution in [0.15, 0.2) is 48.5 Å². The molecule has 1 amide bonds. The van der Waals surface area contributed by atoms with Crippen molar-refractivity contribution in [1.29, 1.82) is 0 Å². The lowest BCUT2D eigenvalue weighted by atomic mass is 10.1. The van der Waals surface area contributed by atoms with E-state index in [1.165, 1.54) is 0 Å². The zero-order valence-corrected chi connectivity index (χ0v) is 15.4. The van der Waals surface area contributed by atoms with Gasteiger partial charge in [0.1, 0.15) is 9.88 Å². The molecule has 0 aliphatic carbocycles. The van der Waals surface area contributed by atoms with Crippen molar-refractivity contribution in [3.63, 3.8) is 0 Å². The maximum atomic E-state index is 12.9. The highest BCUT2D eigenvalue weighted by molar-refractivity contribution is 7.19. The molecule has 3 aromatic rings. The lowest BCUT2D eigenvalue weighted by molar-refractivity contribution is 0.100. The van der Waals surface area contributed by atoms with Crippen molar-refractivity contribution in [2.45, 2.75) is 6.92 Å². The number of nitrogens with one attached hydrogen (secondary N) is 1. The molecule has 0 spiro atoms. The van der Waals surface area contributed by atoms with Gasteiger partial charge in [-0.3, -0.25) is 9.59 Å². The van der Waals surface area contributed by atoms with Crippen molar-refractivity contribution in [3.8, 4) is 0 Å². The Morgan fingerprint density at radius 3 is 2.38 bits per heavy atom. The van der Waals surface area contributed by atoms with Gasteiger partial charge in [0, 0.05) is 11.3 Å². The number of nitrogen functional groups attached to an aromatic ring is 1. The monoisotopic (exact) mass is 385 g/mol. The molecule has 5 nitrogen and oxygen atoms in total. The Balaban J connectivity index is 2.09. The number of nitrogens with two attached hydrogens (primary N) is 2. The van der Waals surface area contributed by atoms with Crippen molar-refractivity contribution in [1.82, 2.24) is 0 Å². The van der Waals surface area contributed by atoms with Crippen molar-refractivity contribution in [2.24, 2.45) is 5.73 Å². The Bertz CT molecular complexity index is 1010. The van der Waals surface area contributed by atoms with Gasteiger partial charge in [-0.15, -0.1) is 11.3 Å². The van der Waals surface area contributed by atoms with E-state index in [2.05, 4.69) is 5.32 Å². The third-order valence-corrected chi connectivity index (χ3v) is 5.36. The fourth-order valence-corrected chi connectivity index (χ4v) is 3.86. The maximum Gasteiger partial charge on any atom is 0.253 e. The minimum Gasteiger partial charge on any atom is -0.397 e. The first-order chi connectivity index (χ1) is 12.4. The predicted molar refractivity (Wildman–Crippen MR) is 107 cm³/mol. The predicted octanol–water partition coefficient (Wildman–Crippen LogP) is 4.37. The summed E-state index contributed by atoms with van der Waals surface area (Å²) in [5.74, 6) is -1.05. The van der Waals surface area contributed by atoms with Crippen molar-refractivity contribution in [2.75, 3.05) is 11.1 Å². The lowest BCUT2D eigenvalue weighted by Gasteiger charge is -2.08. The smallest absolute Gasteiger partial charge is 0.253 e. The van der Waals surface area contributed by atoms with Crippen LogP contribution in [0.2, 0.25) is 5.02 Å². The van der Waals surface area contributed by atoms with Gasteiger partial charge >= 0.3 is 0 Å². The number of ketones is 1. The summed E-state index contributed by atoms with van der Waals surface area (Å²) in [6.45, 7) is 1.93. The van der Waals surface area contributed by atoms with Gasteiger partial charge in [0.15, 0.2) is 0 Å².